The Morgan fingerprint density at radius 2 is 1.72 bits per heavy atom. The molecule has 0 heterocycles. The quantitative estimate of drug-likeness (QED) is 0.712. The lowest BCUT2D eigenvalue weighted by Gasteiger charge is -2.17. The summed E-state index contributed by atoms with van der Waals surface area (Å²) in [7, 11) is 1.59. The van der Waals surface area contributed by atoms with Crippen molar-refractivity contribution in [3.63, 3.8) is 0 Å². The van der Waals surface area contributed by atoms with Crippen molar-refractivity contribution >= 4 is 22.4 Å². The molecule has 0 fully saturated rings. The lowest BCUT2D eigenvalue weighted by Crippen LogP contribution is -2.30. The van der Waals surface area contributed by atoms with E-state index in [2.05, 4.69) is 41.8 Å². The number of carbonyl (C=O) groups is 1. The Bertz CT molecular complexity index is 871. The monoisotopic (exact) mass is 334 g/mol. The van der Waals surface area contributed by atoms with Gasteiger partial charge in [0.25, 0.3) is 0 Å². The summed E-state index contributed by atoms with van der Waals surface area (Å²) in [6.07, 6.45) is 0. The second kappa shape index (κ2) is 7.81. The molecule has 1 unspecified atom stereocenters. The van der Waals surface area contributed by atoms with Crippen molar-refractivity contribution in [3.8, 4) is 5.75 Å². The Morgan fingerprint density at radius 3 is 2.56 bits per heavy atom. The summed E-state index contributed by atoms with van der Waals surface area (Å²) >= 11 is 0. The van der Waals surface area contributed by atoms with Gasteiger partial charge in [-0.25, -0.2) is 0 Å². The topological polar surface area (TPSA) is 50.4 Å². The van der Waals surface area contributed by atoms with E-state index in [1.54, 1.807) is 7.11 Å². The Balaban J connectivity index is 1.65. The first-order valence-electron chi connectivity index (χ1n) is 8.33. The van der Waals surface area contributed by atoms with E-state index in [4.69, 9.17) is 4.74 Å². The number of benzene rings is 3. The molecule has 2 N–H and O–H groups in total. The minimum Gasteiger partial charge on any atom is -0.495 e. The molecule has 0 spiro atoms. The third-order valence-electron chi connectivity index (χ3n) is 4.24. The van der Waals surface area contributed by atoms with Gasteiger partial charge in [0, 0.05) is 6.04 Å². The zero-order valence-corrected chi connectivity index (χ0v) is 14.5. The number of amides is 1. The molecule has 0 aliphatic rings. The van der Waals surface area contributed by atoms with Crippen molar-refractivity contribution in [2.45, 2.75) is 13.0 Å². The molecule has 0 aromatic heterocycles. The van der Waals surface area contributed by atoms with E-state index in [1.807, 2.05) is 42.5 Å². The van der Waals surface area contributed by atoms with Crippen LogP contribution in [0.5, 0.6) is 5.75 Å². The number of ether oxygens (including phenoxy) is 1. The molecule has 4 nitrogen and oxygen atoms in total. The van der Waals surface area contributed by atoms with Crippen LogP contribution in [0, 0.1) is 0 Å². The maximum absolute atomic E-state index is 12.3. The maximum atomic E-state index is 12.3. The van der Waals surface area contributed by atoms with Crippen molar-refractivity contribution < 1.29 is 9.53 Å². The fourth-order valence-corrected chi connectivity index (χ4v) is 2.93. The highest BCUT2D eigenvalue weighted by molar-refractivity contribution is 5.93. The molecule has 3 aromatic carbocycles. The van der Waals surface area contributed by atoms with Gasteiger partial charge in [-0.2, -0.15) is 0 Å². The van der Waals surface area contributed by atoms with Gasteiger partial charge in [-0.3, -0.25) is 4.79 Å². The summed E-state index contributed by atoms with van der Waals surface area (Å²) in [6.45, 7) is 2.29. The van der Waals surface area contributed by atoms with Gasteiger partial charge in [-0.15, -0.1) is 0 Å². The summed E-state index contributed by atoms with van der Waals surface area (Å²) in [6, 6.07) is 22.0. The van der Waals surface area contributed by atoms with E-state index in [0.29, 0.717) is 11.4 Å². The number of para-hydroxylation sites is 2. The molecule has 0 saturated carbocycles. The highest BCUT2D eigenvalue weighted by atomic mass is 16.5. The number of nitrogens with one attached hydrogen (secondary N) is 2. The first-order chi connectivity index (χ1) is 12.2. The van der Waals surface area contributed by atoms with Gasteiger partial charge in [-0.05, 0) is 35.4 Å². The van der Waals surface area contributed by atoms with Gasteiger partial charge in [-0.1, -0.05) is 54.6 Å². The Labute approximate surface area is 147 Å². The molecule has 3 rings (SSSR count). The van der Waals surface area contributed by atoms with Crippen LogP contribution in [-0.2, 0) is 4.79 Å². The van der Waals surface area contributed by atoms with Gasteiger partial charge < -0.3 is 15.4 Å². The van der Waals surface area contributed by atoms with Crippen molar-refractivity contribution in [1.82, 2.24) is 5.32 Å². The molecule has 4 heteroatoms. The second-order valence-corrected chi connectivity index (χ2v) is 5.92. The molecule has 0 radical (unpaired) electrons. The van der Waals surface area contributed by atoms with Gasteiger partial charge in [0.15, 0.2) is 0 Å². The van der Waals surface area contributed by atoms with Crippen LogP contribution in [0.3, 0.4) is 0 Å². The van der Waals surface area contributed by atoms with Crippen LogP contribution in [-0.4, -0.2) is 19.6 Å². The summed E-state index contributed by atoms with van der Waals surface area (Å²) in [5.74, 6) is 0.550. The van der Waals surface area contributed by atoms with Gasteiger partial charge in [0.1, 0.15) is 5.75 Å². The Hall–Kier alpha value is -2.85. The molecule has 25 heavy (non-hydrogen) atoms. The van der Waals surface area contributed by atoms with Crippen molar-refractivity contribution in [2.24, 2.45) is 0 Å². The number of rotatable bonds is 6. The standard InChI is InChI=1S/C21H22N2O2/c1-15(17-11-7-9-16-8-3-4-10-18(16)17)22-14-21(24)23-19-12-5-6-13-20(19)25-2/h3-13,15,22H,14H2,1-2H3,(H,23,24). The molecule has 1 amide bonds. The lowest BCUT2D eigenvalue weighted by atomic mass is 10.00. The first kappa shape index (κ1) is 17.0. The van der Waals surface area contributed by atoms with Crippen LogP contribution >= 0.6 is 0 Å². The summed E-state index contributed by atoms with van der Waals surface area (Å²) in [4.78, 5) is 12.3. The number of methoxy groups -OCH3 is 1. The van der Waals surface area contributed by atoms with E-state index in [-0.39, 0.29) is 18.5 Å². The van der Waals surface area contributed by atoms with E-state index in [9.17, 15) is 4.79 Å². The van der Waals surface area contributed by atoms with Gasteiger partial charge >= 0.3 is 0 Å². The van der Waals surface area contributed by atoms with E-state index in [0.717, 1.165) is 0 Å². The SMILES string of the molecule is COc1ccccc1NC(=O)CNC(C)c1cccc2ccccc12. The zero-order chi connectivity index (χ0) is 17.6. The third-order valence-corrected chi connectivity index (χ3v) is 4.24. The van der Waals surface area contributed by atoms with Crippen LogP contribution in [0.1, 0.15) is 18.5 Å². The van der Waals surface area contributed by atoms with Gasteiger partial charge in [0.2, 0.25) is 5.91 Å². The molecule has 128 valence electrons. The Kier molecular flexibility index (Phi) is 5.31. The minimum atomic E-state index is -0.100. The fourth-order valence-electron chi connectivity index (χ4n) is 2.93. The normalized spacial score (nSPS) is 11.9. The van der Waals surface area contributed by atoms with E-state index >= 15 is 0 Å². The number of carbonyl (C=O) groups excluding carboxylic acids is 1. The fraction of sp³-hybridized carbons (Fsp3) is 0.190. The van der Waals surface area contributed by atoms with Crippen molar-refractivity contribution in [1.29, 1.82) is 0 Å². The molecule has 1 atom stereocenters. The summed E-state index contributed by atoms with van der Waals surface area (Å²) in [5.41, 5.74) is 1.86. The van der Waals surface area contributed by atoms with Crippen LogP contribution in [0.15, 0.2) is 66.7 Å². The largest absolute Gasteiger partial charge is 0.495 e. The molecule has 0 saturated heterocycles. The molecular weight excluding hydrogens is 312 g/mol. The van der Waals surface area contributed by atoms with E-state index < -0.39 is 0 Å². The second-order valence-electron chi connectivity index (χ2n) is 5.92. The lowest BCUT2D eigenvalue weighted by molar-refractivity contribution is -0.115. The first-order valence-corrected chi connectivity index (χ1v) is 8.33. The van der Waals surface area contributed by atoms with Crippen molar-refractivity contribution in [2.75, 3.05) is 19.0 Å². The van der Waals surface area contributed by atoms with E-state index in [1.165, 1.54) is 16.3 Å². The third kappa shape index (κ3) is 3.98. The minimum absolute atomic E-state index is 0.0644. The average molecular weight is 334 g/mol. The van der Waals surface area contributed by atoms with Crippen LogP contribution in [0.25, 0.3) is 10.8 Å². The highest BCUT2D eigenvalue weighted by Gasteiger charge is 2.11. The zero-order valence-electron chi connectivity index (χ0n) is 14.5. The van der Waals surface area contributed by atoms with Crippen LogP contribution in [0.4, 0.5) is 5.69 Å². The maximum Gasteiger partial charge on any atom is 0.238 e. The van der Waals surface area contributed by atoms with Crippen LogP contribution in [0.2, 0.25) is 0 Å². The van der Waals surface area contributed by atoms with Crippen molar-refractivity contribution in [3.05, 3.63) is 72.3 Å². The van der Waals surface area contributed by atoms with Gasteiger partial charge in [0.05, 0.1) is 19.3 Å². The predicted molar refractivity (Wildman–Crippen MR) is 102 cm³/mol. The average Bonchev–Trinajstić information content (AvgIpc) is 2.66. The number of hydrogen-bond donors (Lipinski definition) is 2. The Morgan fingerprint density at radius 1 is 1.00 bits per heavy atom. The molecular formula is C21H22N2O2. The number of fused-ring (bicyclic) bond motifs is 1. The molecule has 3 aromatic rings. The summed E-state index contributed by atoms with van der Waals surface area (Å²) in [5, 5.41) is 8.58. The number of anilines is 1. The molecule has 0 aliphatic carbocycles. The summed E-state index contributed by atoms with van der Waals surface area (Å²) < 4.78 is 5.25. The highest BCUT2D eigenvalue weighted by Crippen LogP contribution is 2.24. The predicted octanol–water partition coefficient (Wildman–Crippen LogP) is 4.14. The smallest absolute Gasteiger partial charge is 0.238 e. The molecule has 0 aliphatic heterocycles. The van der Waals surface area contributed by atoms with Crippen LogP contribution < -0.4 is 15.4 Å². The molecule has 0 bridgehead atoms. The number of hydrogen-bond acceptors (Lipinski definition) is 3.